The number of nitrogens with zero attached hydrogens (tertiary/aromatic N) is 2. The lowest BCUT2D eigenvalue weighted by atomic mass is 10.2. The first kappa shape index (κ1) is 14.2. The molecule has 106 valence electrons. The monoisotopic (exact) mass is 401 g/mol. The third-order valence-electron chi connectivity index (χ3n) is 3.68. The van der Waals surface area contributed by atoms with Gasteiger partial charge < -0.3 is 5.32 Å². The highest BCUT2D eigenvalue weighted by Crippen LogP contribution is 2.27. The molecule has 1 aliphatic carbocycles. The van der Waals surface area contributed by atoms with E-state index in [1.165, 1.54) is 25.7 Å². The van der Waals surface area contributed by atoms with Crippen molar-refractivity contribution in [3.8, 4) is 5.69 Å². The van der Waals surface area contributed by atoms with Gasteiger partial charge in [0.05, 0.1) is 11.4 Å². The van der Waals surface area contributed by atoms with Crippen molar-refractivity contribution in [2.24, 2.45) is 0 Å². The van der Waals surface area contributed by atoms with Crippen molar-refractivity contribution in [2.75, 3.05) is 5.32 Å². The van der Waals surface area contributed by atoms with E-state index >= 15 is 0 Å². The van der Waals surface area contributed by atoms with Gasteiger partial charge in [-0.1, -0.05) is 24.4 Å². The summed E-state index contributed by atoms with van der Waals surface area (Å²) in [4.78, 5) is 4.63. The number of rotatable bonds is 3. The standard InChI is InChI=1S/C15H17ClIN3/c1-10-9-20(14-7-6-11(16)8-13(14)17)15(18-10)19-12-4-2-3-5-12/h6-9,12H,2-5H2,1H3,(H,18,19). The molecule has 1 aromatic carbocycles. The lowest BCUT2D eigenvalue weighted by Gasteiger charge is -2.15. The number of hydrogen-bond acceptors (Lipinski definition) is 2. The maximum atomic E-state index is 6.04. The Kier molecular flexibility index (Phi) is 4.21. The maximum Gasteiger partial charge on any atom is 0.207 e. The highest BCUT2D eigenvalue weighted by atomic mass is 127. The fourth-order valence-electron chi connectivity index (χ4n) is 2.71. The van der Waals surface area contributed by atoms with Crippen molar-refractivity contribution in [2.45, 2.75) is 38.6 Å². The Bertz CT molecular complexity index is 618. The molecule has 0 aliphatic heterocycles. The van der Waals surface area contributed by atoms with Crippen LogP contribution in [-0.4, -0.2) is 15.6 Å². The summed E-state index contributed by atoms with van der Waals surface area (Å²) in [6.45, 7) is 2.03. The zero-order chi connectivity index (χ0) is 14.1. The lowest BCUT2D eigenvalue weighted by molar-refractivity contribution is 0.740. The molecule has 0 radical (unpaired) electrons. The Hall–Kier alpha value is -0.750. The van der Waals surface area contributed by atoms with Crippen LogP contribution in [0.5, 0.6) is 0 Å². The van der Waals surface area contributed by atoms with E-state index < -0.39 is 0 Å². The number of hydrogen-bond donors (Lipinski definition) is 1. The predicted octanol–water partition coefficient (Wildman–Crippen LogP) is 4.79. The minimum Gasteiger partial charge on any atom is -0.353 e. The van der Waals surface area contributed by atoms with Crippen molar-refractivity contribution in [3.05, 3.63) is 38.7 Å². The maximum absolute atomic E-state index is 6.04. The van der Waals surface area contributed by atoms with Crippen molar-refractivity contribution < 1.29 is 0 Å². The zero-order valence-electron chi connectivity index (χ0n) is 11.4. The van der Waals surface area contributed by atoms with E-state index in [4.69, 9.17) is 11.6 Å². The zero-order valence-corrected chi connectivity index (χ0v) is 14.3. The summed E-state index contributed by atoms with van der Waals surface area (Å²) in [7, 11) is 0. The second-order valence-corrected chi connectivity index (χ2v) is 6.90. The third kappa shape index (κ3) is 2.96. The van der Waals surface area contributed by atoms with Gasteiger partial charge in [0.2, 0.25) is 5.95 Å². The van der Waals surface area contributed by atoms with Gasteiger partial charge in [0.1, 0.15) is 0 Å². The molecular formula is C15H17ClIN3. The highest BCUT2D eigenvalue weighted by molar-refractivity contribution is 14.1. The molecule has 0 bridgehead atoms. The number of anilines is 1. The molecule has 2 aromatic rings. The Morgan fingerprint density at radius 3 is 2.80 bits per heavy atom. The summed E-state index contributed by atoms with van der Waals surface area (Å²) in [6.07, 6.45) is 7.18. The van der Waals surface area contributed by atoms with Gasteiger partial charge in [-0.15, -0.1) is 0 Å². The quantitative estimate of drug-likeness (QED) is 0.749. The van der Waals surface area contributed by atoms with Gasteiger partial charge in [-0.3, -0.25) is 4.57 Å². The van der Waals surface area contributed by atoms with E-state index in [-0.39, 0.29) is 0 Å². The second-order valence-electron chi connectivity index (χ2n) is 5.30. The minimum atomic E-state index is 0.556. The van der Waals surface area contributed by atoms with Crippen LogP contribution < -0.4 is 5.32 Å². The van der Waals surface area contributed by atoms with Crippen LogP contribution in [0.1, 0.15) is 31.4 Å². The van der Waals surface area contributed by atoms with Gasteiger partial charge in [-0.2, -0.15) is 0 Å². The molecule has 1 heterocycles. The summed E-state index contributed by atoms with van der Waals surface area (Å²) in [6, 6.07) is 6.51. The van der Waals surface area contributed by atoms with Gasteiger partial charge in [0.25, 0.3) is 0 Å². The molecule has 0 spiro atoms. The van der Waals surface area contributed by atoms with Crippen LogP contribution in [-0.2, 0) is 0 Å². The largest absolute Gasteiger partial charge is 0.353 e. The molecule has 1 aromatic heterocycles. The smallest absolute Gasteiger partial charge is 0.207 e. The van der Waals surface area contributed by atoms with Crippen molar-refractivity contribution >= 4 is 40.1 Å². The normalized spacial score (nSPS) is 15.8. The van der Waals surface area contributed by atoms with Gasteiger partial charge >= 0.3 is 0 Å². The van der Waals surface area contributed by atoms with Gasteiger partial charge in [0.15, 0.2) is 0 Å². The Morgan fingerprint density at radius 2 is 2.10 bits per heavy atom. The van der Waals surface area contributed by atoms with E-state index in [2.05, 4.69) is 43.7 Å². The lowest BCUT2D eigenvalue weighted by Crippen LogP contribution is -2.17. The van der Waals surface area contributed by atoms with Gasteiger partial charge in [-0.05, 0) is 60.6 Å². The van der Waals surface area contributed by atoms with E-state index in [1.807, 2.05) is 25.1 Å². The third-order valence-corrected chi connectivity index (χ3v) is 4.78. The SMILES string of the molecule is Cc1cn(-c2ccc(Cl)cc2I)c(NC2CCCC2)n1. The molecule has 0 amide bonds. The second kappa shape index (κ2) is 5.93. The predicted molar refractivity (Wildman–Crippen MR) is 91.9 cm³/mol. The van der Waals surface area contributed by atoms with Crippen LogP contribution in [0.2, 0.25) is 5.02 Å². The molecule has 0 saturated heterocycles. The van der Waals surface area contributed by atoms with Gasteiger partial charge in [-0.25, -0.2) is 4.98 Å². The first-order valence-corrected chi connectivity index (χ1v) is 8.37. The van der Waals surface area contributed by atoms with E-state index in [9.17, 15) is 0 Å². The number of nitrogens with one attached hydrogen (secondary N) is 1. The molecule has 3 rings (SSSR count). The summed E-state index contributed by atoms with van der Waals surface area (Å²) in [5.41, 5.74) is 2.15. The van der Waals surface area contributed by atoms with Crippen LogP contribution in [0.25, 0.3) is 5.69 Å². The molecule has 1 saturated carbocycles. The van der Waals surface area contributed by atoms with E-state index in [0.717, 1.165) is 25.9 Å². The average Bonchev–Trinajstić information content (AvgIpc) is 3.00. The van der Waals surface area contributed by atoms with Gasteiger partial charge in [0, 0.05) is 20.8 Å². The molecule has 3 nitrogen and oxygen atoms in total. The van der Waals surface area contributed by atoms with Crippen LogP contribution in [0.4, 0.5) is 5.95 Å². The summed E-state index contributed by atoms with van der Waals surface area (Å²) >= 11 is 8.36. The van der Waals surface area contributed by atoms with Crippen molar-refractivity contribution in [1.29, 1.82) is 0 Å². The number of benzene rings is 1. The summed E-state index contributed by atoms with van der Waals surface area (Å²) in [5, 5.41) is 4.35. The number of halogens is 2. The Morgan fingerprint density at radius 1 is 1.35 bits per heavy atom. The van der Waals surface area contributed by atoms with Crippen molar-refractivity contribution in [3.63, 3.8) is 0 Å². The molecule has 0 atom stereocenters. The fraction of sp³-hybridized carbons (Fsp3) is 0.400. The molecule has 1 N–H and O–H groups in total. The number of aryl methyl sites for hydroxylation is 1. The van der Waals surface area contributed by atoms with Crippen LogP contribution >= 0.6 is 34.2 Å². The molecule has 1 aliphatic rings. The van der Waals surface area contributed by atoms with Crippen LogP contribution in [0.3, 0.4) is 0 Å². The summed E-state index contributed by atoms with van der Waals surface area (Å²) < 4.78 is 3.26. The number of aromatic nitrogens is 2. The van der Waals surface area contributed by atoms with E-state index in [0.29, 0.717) is 6.04 Å². The average molecular weight is 402 g/mol. The molecule has 1 fully saturated rings. The molecule has 5 heteroatoms. The van der Waals surface area contributed by atoms with E-state index in [1.54, 1.807) is 0 Å². The first-order chi connectivity index (χ1) is 9.63. The Balaban J connectivity index is 1.95. The Labute approximate surface area is 137 Å². The number of imidazole rings is 1. The van der Waals surface area contributed by atoms with Crippen molar-refractivity contribution in [1.82, 2.24) is 9.55 Å². The highest BCUT2D eigenvalue weighted by Gasteiger charge is 2.18. The first-order valence-electron chi connectivity index (χ1n) is 6.91. The minimum absolute atomic E-state index is 0.556. The molecule has 0 unspecified atom stereocenters. The summed E-state index contributed by atoms with van der Waals surface area (Å²) in [5.74, 6) is 0.939. The van der Waals surface area contributed by atoms with Crippen LogP contribution in [0, 0.1) is 10.5 Å². The topological polar surface area (TPSA) is 29.9 Å². The molecule has 20 heavy (non-hydrogen) atoms. The fourth-order valence-corrected chi connectivity index (χ4v) is 3.84. The van der Waals surface area contributed by atoms with Crippen LogP contribution in [0.15, 0.2) is 24.4 Å². The molecular weight excluding hydrogens is 385 g/mol.